The van der Waals surface area contributed by atoms with E-state index in [0.29, 0.717) is 0 Å². The van der Waals surface area contributed by atoms with Crippen LogP contribution in [0.3, 0.4) is 0 Å². The normalized spacial score (nSPS) is 15.7. The molecule has 5 nitrogen and oxygen atoms in total. The number of fused-ring (bicyclic) bond motifs is 1. The maximum absolute atomic E-state index is 11.5. The molecule has 3 aromatic rings. The quantitative estimate of drug-likeness (QED) is 0.645. The van der Waals surface area contributed by atoms with E-state index >= 15 is 0 Å². The van der Waals surface area contributed by atoms with Crippen LogP contribution in [0.1, 0.15) is 12.5 Å². The van der Waals surface area contributed by atoms with Gasteiger partial charge in [-0.3, -0.25) is 0 Å². The first-order valence-electron chi connectivity index (χ1n) is 10.1. The number of benzene rings is 2. The fraction of sp³-hybridized carbons (Fsp3) is 0.348. The Kier molecular flexibility index (Phi) is 5.56. The maximum atomic E-state index is 11.5. The number of likely N-dealkylation sites (N-methyl/N-ethyl adjacent to an activating group) is 1. The minimum absolute atomic E-state index is 0.0609. The summed E-state index contributed by atoms with van der Waals surface area (Å²) in [5, 5.41) is 2.35. The van der Waals surface area contributed by atoms with Crippen molar-refractivity contribution in [2.45, 2.75) is 12.7 Å². The lowest BCUT2D eigenvalue weighted by Crippen LogP contribution is -2.46. The molecule has 1 aliphatic rings. The summed E-state index contributed by atoms with van der Waals surface area (Å²) in [6.45, 7) is 7.34. The number of hydrogen-bond donors (Lipinski definition) is 0. The van der Waals surface area contributed by atoms with Crippen molar-refractivity contribution in [2.75, 3.05) is 43.9 Å². The Labute approximate surface area is 172 Å². The van der Waals surface area contributed by atoms with Crippen LogP contribution in [0, 0.1) is 0 Å². The van der Waals surface area contributed by atoms with Gasteiger partial charge in [0.2, 0.25) is 0 Å². The van der Waals surface area contributed by atoms with E-state index < -0.39 is 9.84 Å². The van der Waals surface area contributed by atoms with E-state index in [1.54, 1.807) is 0 Å². The number of piperazine rings is 1. The molecule has 6 heteroatoms. The summed E-state index contributed by atoms with van der Waals surface area (Å²) < 4.78 is 23.1. The number of rotatable bonds is 5. The molecule has 0 bridgehead atoms. The molecule has 4 rings (SSSR count). The van der Waals surface area contributed by atoms with Crippen LogP contribution >= 0.6 is 0 Å². The van der Waals surface area contributed by atoms with Gasteiger partial charge in [0.05, 0.1) is 11.4 Å². The van der Waals surface area contributed by atoms with Crippen molar-refractivity contribution < 1.29 is 8.42 Å². The average Bonchev–Trinajstić information content (AvgIpc) is 2.72. The SMILES string of the molecule is CCN1CCN(c2nc(-c3ccc(CS(C)(=O)=O)cc3)cc3ccccc23)CC1. The second-order valence-corrected chi connectivity index (χ2v) is 9.88. The molecule has 1 saturated heterocycles. The van der Waals surface area contributed by atoms with Gasteiger partial charge in [0.25, 0.3) is 0 Å². The number of hydrogen-bond acceptors (Lipinski definition) is 5. The molecule has 0 amide bonds. The van der Waals surface area contributed by atoms with Gasteiger partial charge in [-0.1, -0.05) is 55.5 Å². The Bertz CT molecular complexity index is 1100. The number of pyridine rings is 1. The molecule has 0 saturated carbocycles. The molecule has 2 aromatic carbocycles. The van der Waals surface area contributed by atoms with Gasteiger partial charge in [0.1, 0.15) is 5.82 Å². The molecule has 0 aliphatic carbocycles. The predicted molar refractivity (Wildman–Crippen MR) is 120 cm³/mol. The molecule has 152 valence electrons. The molecule has 1 fully saturated rings. The highest BCUT2D eigenvalue weighted by molar-refractivity contribution is 7.89. The summed E-state index contributed by atoms with van der Waals surface area (Å²) in [5.74, 6) is 1.10. The minimum atomic E-state index is -3.04. The largest absolute Gasteiger partial charge is 0.354 e. The molecule has 2 heterocycles. The van der Waals surface area contributed by atoms with Crippen LogP contribution in [0.5, 0.6) is 0 Å². The monoisotopic (exact) mass is 409 g/mol. The van der Waals surface area contributed by atoms with Crippen molar-refractivity contribution in [3.63, 3.8) is 0 Å². The number of sulfone groups is 1. The lowest BCUT2D eigenvalue weighted by Gasteiger charge is -2.35. The van der Waals surface area contributed by atoms with Crippen LogP contribution in [0.25, 0.3) is 22.0 Å². The van der Waals surface area contributed by atoms with Crippen molar-refractivity contribution >= 4 is 26.4 Å². The van der Waals surface area contributed by atoms with E-state index in [2.05, 4.69) is 47.1 Å². The highest BCUT2D eigenvalue weighted by Gasteiger charge is 2.19. The zero-order chi connectivity index (χ0) is 20.4. The first-order chi connectivity index (χ1) is 13.9. The predicted octanol–water partition coefficient (Wildman–Crippen LogP) is 3.59. The minimum Gasteiger partial charge on any atom is -0.354 e. The van der Waals surface area contributed by atoms with Gasteiger partial charge in [-0.2, -0.15) is 0 Å². The second kappa shape index (κ2) is 8.13. The van der Waals surface area contributed by atoms with Gasteiger partial charge in [-0.15, -0.1) is 0 Å². The van der Waals surface area contributed by atoms with Crippen LogP contribution in [-0.2, 0) is 15.6 Å². The van der Waals surface area contributed by atoms with Gasteiger partial charge in [0.15, 0.2) is 9.84 Å². The summed E-state index contributed by atoms with van der Waals surface area (Å²) in [4.78, 5) is 9.89. The molecular weight excluding hydrogens is 382 g/mol. The topological polar surface area (TPSA) is 53.5 Å². The maximum Gasteiger partial charge on any atom is 0.151 e. The van der Waals surface area contributed by atoms with Crippen molar-refractivity contribution in [2.24, 2.45) is 0 Å². The fourth-order valence-electron chi connectivity index (χ4n) is 3.92. The Balaban J connectivity index is 1.70. The lowest BCUT2D eigenvalue weighted by molar-refractivity contribution is 0.271. The highest BCUT2D eigenvalue weighted by atomic mass is 32.2. The Morgan fingerprint density at radius 1 is 0.966 bits per heavy atom. The molecular formula is C23H27N3O2S. The van der Waals surface area contributed by atoms with Crippen LogP contribution in [0.15, 0.2) is 54.6 Å². The van der Waals surface area contributed by atoms with E-state index in [-0.39, 0.29) is 5.75 Å². The number of anilines is 1. The molecule has 0 unspecified atom stereocenters. The third kappa shape index (κ3) is 4.60. The van der Waals surface area contributed by atoms with E-state index in [1.807, 2.05) is 24.3 Å². The number of aromatic nitrogens is 1. The van der Waals surface area contributed by atoms with Crippen LogP contribution < -0.4 is 4.90 Å². The first-order valence-corrected chi connectivity index (χ1v) is 12.1. The average molecular weight is 410 g/mol. The zero-order valence-corrected chi connectivity index (χ0v) is 17.8. The van der Waals surface area contributed by atoms with Crippen molar-refractivity contribution in [3.05, 3.63) is 60.2 Å². The summed E-state index contributed by atoms with van der Waals surface area (Å²) >= 11 is 0. The van der Waals surface area contributed by atoms with Crippen LogP contribution in [0.4, 0.5) is 5.82 Å². The van der Waals surface area contributed by atoms with Gasteiger partial charge in [0, 0.05) is 43.4 Å². The van der Waals surface area contributed by atoms with Gasteiger partial charge in [-0.05, 0) is 23.6 Å². The molecule has 0 spiro atoms. The molecule has 0 N–H and O–H groups in total. The van der Waals surface area contributed by atoms with Gasteiger partial charge < -0.3 is 9.80 Å². The third-order valence-corrected chi connectivity index (χ3v) is 6.38. The number of nitrogens with zero attached hydrogens (tertiary/aromatic N) is 3. The van der Waals surface area contributed by atoms with Crippen molar-refractivity contribution in [1.29, 1.82) is 0 Å². The summed E-state index contributed by atoms with van der Waals surface area (Å²) in [6.07, 6.45) is 1.26. The standard InChI is InChI=1S/C23H27N3O2S/c1-3-25-12-14-26(15-13-25)23-21-7-5-4-6-20(21)16-22(24-23)19-10-8-18(9-11-19)17-29(2,27)28/h4-11,16H,3,12-15,17H2,1-2H3. The highest BCUT2D eigenvalue weighted by Crippen LogP contribution is 2.31. The van der Waals surface area contributed by atoms with E-state index in [4.69, 9.17) is 4.98 Å². The lowest BCUT2D eigenvalue weighted by atomic mass is 10.0. The van der Waals surface area contributed by atoms with Crippen LogP contribution in [-0.4, -0.2) is 57.3 Å². The van der Waals surface area contributed by atoms with Gasteiger partial charge >= 0.3 is 0 Å². The van der Waals surface area contributed by atoms with E-state index in [9.17, 15) is 8.42 Å². The zero-order valence-electron chi connectivity index (χ0n) is 17.0. The summed E-state index contributed by atoms with van der Waals surface area (Å²) in [5.41, 5.74) is 2.72. The molecule has 1 aliphatic heterocycles. The fourth-order valence-corrected chi connectivity index (χ4v) is 4.72. The molecule has 29 heavy (non-hydrogen) atoms. The summed E-state index contributed by atoms with van der Waals surface area (Å²) in [7, 11) is -3.04. The molecule has 0 radical (unpaired) electrons. The second-order valence-electron chi connectivity index (χ2n) is 7.74. The smallest absolute Gasteiger partial charge is 0.151 e. The molecule has 1 aromatic heterocycles. The van der Waals surface area contributed by atoms with E-state index in [0.717, 1.165) is 55.4 Å². The molecule has 0 atom stereocenters. The van der Waals surface area contributed by atoms with Crippen molar-refractivity contribution in [3.8, 4) is 11.3 Å². The van der Waals surface area contributed by atoms with Crippen molar-refractivity contribution in [1.82, 2.24) is 9.88 Å². The Morgan fingerprint density at radius 3 is 2.31 bits per heavy atom. The third-order valence-electron chi connectivity index (χ3n) is 5.52. The summed E-state index contributed by atoms with van der Waals surface area (Å²) in [6, 6.07) is 18.2. The Morgan fingerprint density at radius 2 is 1.66 bits per heavy atom. The first kappa shape index (κ1) is 19.9. The van der Waals surface area contributed by atoms with E-state index in [1.165, 1.54) is 17.0 Å². The Hall–Kier alpha value is -2.44. The van der Waals surface area contributed by atoms with Crippen LogP contribution in [0.2, 0.25) is 0 Å². The van der Waals surface area contributed by atoms with Gasteiger partial charge in [-0.25, -0.2) is 13.4 Å².